The van der Waals surface area contributed by atoms with Crippen molar-refractivity contribution in [3.05, 3.63) is 65.7 Å². The monoisotopic (exact) mass is 396 g/mol. The number of carbonyl (C=O) groups is 2. The van der Waals surface area contributed by atoms with E-state index in [0.29, 0.717) is 39.0 Å². The van der Waals surface area contributed by atoms with Crippen molar-refractivity contribution in [2.75, 3.05) is 13.2 Å². The summed E-state index contributed by atoms with van der Waals surface area (Å²) in [5.41, 5.74) is 2.19. The van der Waals surface area contributed by atoms with Gasteiger partial charge in [-0.05, 0) is 44.4 Å². The molecule has 0 heterocycles. The first-order valence-electron chi connectivity index (χ1n) is 10.4. The van der Waals surface area contributed by atoms with Gasteiger partial charge in [-0.3, -0.25) is 9.59 Å². The van der Waals surface area contributed by atoms with Gasteiger partial charge in [-0.1, -0.05) is 55.0 Å². The third-order valence-corrected chi connectivity index (χ3v) is 4.76. The predicted octanol–water partition coefficient (Wildman–Crippen LogP) is 4.10. The molecule has 0 aliphatic heterocycles. The molecule has 0 spiro atoms. The van der Waals surface area contributed by atoms with Crippen LogP contribution in [0.5, 0.6) is 5.75 Å². The molecule has 1 atom stereocenters. The van der Waals surface area contributed by atoms with Crippen LogP contribution in [0.3, 0.4) is 0 Å². The number of hydrogen-bond acceptors (Lipinski definition) is 3. The number of carbonyl (C=O) groups excluding carboxylic acids is 2. The van der Waals surface area contributed by atoms with Crippen LogP contribution in [0.2, 0.25) is 0 Å². The minimum absolute atomic E-state index is 0.0275. The Morgan fingerprint density at radius 2 is 1.72 bits per heavy atom. The Labute approximate surface area is 174 Å². The highest BCUT2D eigenvalue weighted by Crippen LogP contribution is 2.15. The molecule has 5 heteroatoms. The zero-order valence-corrected chi connectivity index (χ0v) is 17.7. The summed E-state index contributed by atoms with van der Waals surface area (Å²) in [6, 6.07) is 17.2. The standard InChI is InChI=1S/C24H32N2O3/c1-4-22(24(28)25-5-2)26(18-20-15-13-19(3)14-16-20)23(27)12-9-17-29-21-10-7-6-8-11-21/h6-8,10-11,13-16,22H,4-5,9,12,17-18H2,1-3H3,(H,25,28)/t22-/m0/s1. The first-order chi connectivity index (χ1) is 14.0. The van der Waals surface area contributed by atoms with Gasteiger partial charge < -0.3 is 15.0 Å². The number of hydrogen-bond donors (Lipinski definition) is 1. The van der Waals surface area contributed by atoms with Crippen LogP contribution < -0.4 is 10.1 Å². The predicted molar refractivity (Wildman–Crippen MR) is 116 cm³/mol. The molecule has 0 fully saturated rings. The Morgan fingerprint density at radius 1 is 1.03 bits per heavy atom. The lowest BCUT2D eigenvalue weighted by molar-refractivity contribution is -0.141. The first kappa shape index (κ1) is 22.5. The molecule has 2 aromatic rings. The number of amides is 2. The minimum Gasteiger partial charge on any atom is -0.494 e. The highest BCUT2D eigenvalue weighted by molar-refractivity contribution is 5.87. The number of para-hydroxylation sites is 1. The molecule has 0 unspecified atom stereocenters. The van der Waals surface area contributed by atoms with Crippen LogP contribution in [0.15, 0.2) is 54.6 Å². The van der Waals surface area contributed by atoms with E-state index in [-0.39, 0.29) is 11.8 Å². The third-order valence-electron chi connectivity index (χ3n) is 4.76. The Bertz CT molecular complexity index is 759. The van der Waals surface area contributed by atoms with Crippen LogP contribution in [-0.4, -0.2) is 35.9 Å². The molecule has 1 N–H and O–H groups in total. The van der Waals surface area contributed by atoms with E-state index in [1.807, 2.05) is 75.4 Å². The normalized spacial score (nSPS) is 11.6. The molecular formula is C24H32N2O3. The second-order valence-electron chi connectivity index (χ2n) is 7.09. The quantitative estimate of drug-likeness (QED) is 0.582. The smallest absolute Gasteiger partial charge is 0.242 e. The van der Waals surface area contributed by atoms with Crippen LogP contribution in [0, 0.1) is 6.92 Å². The van der Waals surface area contributed by atoms with Gasteiger partial charge in [-0.25, -0.2) is 0 Å². The Hall–Kier alpha value is -2.82. The molecule has 0 saturated carbocycles. The lowest BCUT2D eigenvalue weighted by Gasteiger charge is -2.30. The van der Waals surface area contributed by atoms with Crippen LogP contribution in [0.25, 0.3) is 0 Å². The van der Waals surface area contributed by atoms with Crippen LogP contribution in [-0.2, 0) is 16.1 Å². The van der Waals surface area contributed by atoms with E-state index in [2.05, 4.69) is 5.32 Å². The first-order valence-corrected chi connectivity index (χ1v) is 10.4. The van der Waals surface area contributed by atoms with Gasteiger partial charge in [0, 0.05) is 19.5 Å². The molecule has 0 saturated heterocycles. The molecular weight excluding hydrogens is 364 g/mol. The molecule has 29 heavy (non-hydrogen) atoms. The molecule has 0 bridgehead atoms. The Balaban J connectivity index is 2.02. The summed E-state index contributed by atoms with van der Waals surface area (Å²) in [5.74, 6) is 0.668. The van der Waals surface area contributed by atoms with Gasteiger partial charge in [0.05, 0.1) is 6.61 Å². The van der Waals surface area contributed by atoms with E-state index in [1.54, 1.807) is 4.90 Å². The summed E-state index contributed by atoms with van der Waals surface area (Å²) in [6.45, 7) is 7.29. The lowest BCUT2D eigenvalue weighted by Crippen LogP contribution is -2.49. The van der Waals surface area contributed by atoms with Crippen molar-refractivity contribution in [1.82, 2.24) is 10.2 Å². The van der Waals surface area contributed by atoms with E-state index in [1.165, 1.54) is 5.56 Å². The Kier molecular flexibility index (Phi) is 9.22. The summed E-state index contributed by atoms with van der Waals surface area (Å²) >= 11 is 0. The average Bonchev–Trinajstić information content (AvgIpc) is 2.73. The van der Waals surface area contributed by atoms with Gasteiger partial charge in [0.1, 0.15) is 11.8 Å². The van der Waals surface area contributed by atoms with E-state index >= 15 is 0 Å². The van der Waals surface area contributed by atoms with Gasteiger partial charge in [-0.15, -0.1) is 0 Å². The van der Waals surface area contributed by atoms with E-state index < -0.39 is 6.04 Å². The average molecular weight is 397 g/mol. The van der Waals surface area contributed by atoms with Crippen molar-refractivity contribution in [2.45, 2.75) is 52.6 Å². The van der Waals surface area contributed by atoms with Crippen LogP contribution in [0.4, 0.5) is 0 Å². The summed E-state index contributed by atoms with van der Waals surface area (Å²) < 4.78 is 5.69. The third kappa shape index (κ3) is 7.26. The minimum atomic E-state index is -0.473. The van der Waals surface area contributed by atoms with Crippen LogP contribution in [0.1, 0.15) is 44.2 Å². The maximum absolute atomic E-state index is 13.0. The summed E-state index contributed by atoms with van der Waals surface area (Å²) in [5, 5.41) is 2.86. The van der Waals surface area contributed by atoms with Crippen molar-refractivity contribution in [1.29, 1.82) is 0 Å². The van der Waals surface area contributed by atoms with Gasteiger partial charge in [0.2, 0.25) is 11.8 Å². The fraction of sp³-hybridized carbons (Fsp3) is 0.417. The summed E-state index contributed by atoms with van der Waals surface area (Å²) in [7, 11) is 0. The fourth-order valence-electron chi connectivity index (χ4n) is 3.18. The van der Waals surface area contributed by atoms with Crippen molar-refractivity contribution in [3.63, 3.8) is 0 Å². The molecule has 2 amide bonds. The molecule has 156 valence electrons. The number of ether oxygens (including phenoxy) is 1. The number of benzene rings is 2. The van der Waals surface area contributed by atoms with Crippen molar-refractivity contribution in [2.24, 2.45) is 0 Å². The highest BCUT2D eigenvalue weighted by Gasteiger charge is 2.27. The second kappa shape index (κ2) is 11.9. The van der Waals surface area contributed by atoms with Gasteiger partial charge in [0.25, 0.3) is 0 Å². The molecule has 5 nitrogen and oxygen atoms in total. The lowest BCUT2D eigenvalue weighted by atomic mass is 10.1. The number of nitrogens with one attached hydrogen (secondary N) is 1. The van der Waals surface area contributed by atoms with Crippen molar-refractivity contribution < 1.29 is 14.3 Å². The van der Waals surface area contributed by atoms with E-state index in [4.69, 9.17) is 4.74 Å². The van der Waals surface area contributed by atoms with Crippen molar-refractivity contribution in [3.8, 4) is 5.75 Å². The zero-order valence-electron chi connectivity index (χ0n) is 17.7. The zero-order chi connectivity index (χ0) is 21.1. The van der Waals surface area contributed by atoms with Gasteiger partial charge >= 0.3 is 0 Å². The Morgan fingerprint density at radius 3 is 2.34 bits per heavy atom. The molecule has 0 aromatic heterocycles. The van der Waals surface area contributed by atoms with E-state index in [9.17, 15) is 9.59 Å². The molecule has 2 aromatic carbocycles. The number of likely N-dealkylation sites (N-methyl/N-ethyl adjacent to an activating group) is 1. The fourth-order valence-corrected chi connectivity index (χ4v) is 3.18. The number of aryl methyl sites for hydroxylation is 1. The maximum Gasteiger partial charge on any atom is 0.242 e. The summed E-state index contributed by atoms with van der Waals surface area (Å²) in [6.07, 6.45) is 1.52. The largest absolute Gasteiger partial charge is 0.494 e. The number of rotatable bonds is 11. The number of nitrogens with zero attached hydrogens (tertiary/aromatic N) is 1. The SMILES string of the molecule is CCNC(=O)[C@H](CC)N(Cc1ccc(C)cc1)C(=O)CCCOc1ccccc1. The van der Waals surface area contributed by atoms with Crippen molar-refractivity contribution >= 4 is 11.8 Å². The van der Waals surface area contributed by atoms with Crippen LogP contribution >= 0.6 is 0 Å². The molecule has 2 rings (SSSR count). The topological polar surface area (TPSA) is 58.6 Å². The van der Waals surface area contributed by atoms with Gasteiger partial charge in [0.15, 0.2) is 0 Å². The summed E-state index contributed by atoms with van der Waals surface area (Å²) in [4.78, 5) is 27.3. The highest BCUT2D eigenvalue weighted by atomic mass is 16.5. The molecule has 0 aliphatic rings. The molecule has 0 radical (unpaired) electrons. The second-order valence-corrected chi connectivity index (χ2v) is 7.09. The van der Waals surface area contributed by atoms with E-state index in [0.717, 1.165) is 11.3 Å². The van der Waals surface area contributed by atoms with Gasteiger partial charge in [-0.2, -0.15) is 0 Å². The maximum atomic E-state index is 13.0. The molecule has 0 aliphatic carbocycles.